The predicted molar refractivity (Wildman–Crippen MR) is 76.7 cm³/mol. The molecule has 6 heteroatoms. The van der Waals surface area contributed by atoms with Crippen LogP contribution in [0.15, 0.2) is 28.8 Å². The van der Waals surface area contributed by atoms with Gasteiger partial charge in [0, 0.05) is 35.3 Å². The molecule has 3 aromatic rings. The van der Waals surface area contributed by atoms with Crippen LogP contribution in [0.5, 0.6) is 5.75 Å². The molecule has 0 aliphatic carbocycles. The Bertz CT molecular complexity index is 845. The molecule has 0 unspecified atom stereocenters. The smallest absolute Gasteiger partial charge is 0.374 e. The minimum Gasteiger partial charge on any atom is -0.497 e. The van der Waals surface area contributed by atoms with Crippen LogP contribution < -0.4 is 4.74 Å². The summed E-state index contributed by atoms with van der Waals surface area (Å²) >= 11 is 0. The number of benzene rings is 1. The predicted octanol–water partition coefficient (Wildman–Crippen LogP) is 2.85. The van der Waals surface area contributed by atoms with E-state index in [0.29, 0.717) is 5.69 Å². The molecule has 0 aliphatic rings. The lowest BCUT2D eigenvalue weighted by Gasteiger charge is -2.01. The van der Waals surface area contributed by atoms with Gasteiger partial charge in [-0.05, 0) is 25.1 Å². The van der Waals surface area contributed by atoms with E-state index in [1.165, 1.54) is 6.07 Å². The molecule has 3 rings (SSSR count). The van der Waals surface area contributed by atoms with Crippen molar-refractivity contribution in [1.82, 2.24) is 9.72 Å². The normalized spacial score (nSPS) is 11.0. The Morgan fingerprint density at radius 2 is 2.14 bits per heavy atom. The van der Waals surface area contributed by atoms with Crippen LogP contribution in [0.25, 0.3) is 22.2 Å². The largest absolute Gasteiger partial charge is 0.497 e. The maximum absolute atomic E-state index is 10.9. The van der Waals surface area contributed by atoms with Gasteiger partial charge >= 0.3 is 5.97 Å². The lowest BCUT2D eigenvalue weighted by atomic mass is 10.1. The second-order valence-corrected chi connectivity index (χ2v) is 4.78. The summed E-state index contributed by atoms with van der Waals surface area (Å²) in [4.78, 5) is 10.9. The summed E-state index contributed by atoms with van der Waals surface area (Å²) in [7, 11) is 3.56. The van der Waals surface area contributed by atoms with E-state index in [9.17, 15) is 4.79 Å². The van der Waals surface area contributed by atoms with E-state index < -0.39 is 5.97 Å². The fourth-order valence-corrected chi connectivity index (χ4v) is 2.50. The Hall–Kier alpha value is -2.76. The van der Waals surface area contributed by atoms with Crippen molar-refractivity contribution in [3.8, 4) is 17.0 Å². The lowest BCUT2D eigenvalue weighted by Crippen LogP contribution is -1.92. The van der Waals surface area contributed by atoms with Gasteiger partial charge in [-0.1, -0.05) is 5.16 Å². The third kappa shape index (κ3) is 1.96. The first-order chi connectivity index (χ1) is 10.0. The quantitative estimate of drug-likeness (QED) is 0.801. The molecule has 1 aromatic carbocycles. The zero-order valence-electron chi connectivity index (χ0n) is 11.9. The summed E-state index contributed by atoms with van der Waals surface area (Å²) in [5.74, 6) is -0.579. The summed E-state index contributed by atoms with van der Waals surface area (Å²) in [6.45, 7) is 1.96. The maximum atomic E-state index is 10.9. The van der Waals surface area contributed by atoms with Crippen LogP contribution in [-0.2, 0) is 7.05 Å². The van der Waals surface area contributed by atoms with Gasteiger partial charge in [0.05, 0.1) is 7.11 Å². The van der Waals surface area contributed by atoms with E-state index in [1.54, 1.807) is 7.11 Å². The Kier molecular flexibility index (Phi) is 2.94. The first kappa shape index (κ1) is 13.2. The number of aryl methyl sites for hydroxylation is 1. The monoisotopic (exact) mass is 286 g/mol. The molecule has 21 heavy (non-hydrogen) atoms. The molecule has 2 aromatic heterocycles. The number of hydrogen-bond donors (Lipinski definition) is 1. The van der Waals surface area contributed by atoms with Gasteiger partial charge in [-0.2, -0.15) is 0 Å². The van der Waals surface area contributed by atoms with Gasteiger partial charge in [0.1, 0.15) is 11.4 Å². The van der Waals surface area contributed by atoms with Crippen molar-refractivity contribution >= 4 is 16.9 Å². The Balaban J connectivity index is 2.29. The highest BCUT2D eigenvalue weighted by atomic mass is 16.5. The number of ether oxygens (including phenoxy) is 1. The second kappa shape index (κ2) is 4.66. The van der Waals surface area contributed by atoms with Crippen LogP contribution in [-0.4, -0.2) is 27.9 Å². The van der Waals surface area contributed by atoms with Gasteiger partial charge in [-0.15, -0.1) is 0 Å². The minimum atomic E-state index is -1.13. The summed E-state index contributed by atoms with van der Waals surface area (Å²) in [5, 5.41) is 13.8. The molecule has 2 heterocycles. The van der Waals surface area contributed by atoms with Crippen LogP contribution in [0.1, 0.15) is 16.2 Å². The van der Waals surface area contributed by atoms with Gasteiger partial charge in [0.15, 0.2) is 0 Å². The summed E-state index contributed by atoms with van der Waals surface area (Å²) < 4.78 is 12.1. The van der Waals surface area contributed by atoms with Crippen LogP contribution in [0, 0.1) is 6.92 Å². The molecule has 0 radical (unpaired) electrons. The number of rotatable bonds is 3. The van der Waals surface area contributed by atoms with Gasteiger partial charge in [0.2, 0.25) is 5.76 Å². The summed E-state index contributed by atoms with van der Waals surface area (Å²) in [5.41, 5.74) is 3.35. The van der Waals surface area contributed by atoms with Crippen molar-refractivity contribution in [2.75, 3.05) is 7.11 Å². The first-order valence-corrected chi connectivity index (χ1v) is 6.36. The number of hydrogen-bond acceptors (Lipinski definition) is 4. The number of aromatic nitrogens is 2. The summed E-state index contributed by atoms with van der Waals surface area (Å²) in [6.07, 6.45) is 0. The fourth-order valence-electron chi connectivity index (χ4n) is 2.50. The van der Waals surface area contributed by atoms with Crippen LogP contribution in [0.3, 0.4) is 0 Å². The Morgan fingerprint density at radius 3 is 2.76 bits per heavy atom. The topological polar surface area (TPSA) is 77.5 Å². The van der Waals surface area contributed by atoms with Crippen LogP contribution in [0.4, 0.5) is 0 Å². The number of methoxy groups -OCH3 is 1. The van der Waals surface area contributed by atoms with E-state index in [0.717, 1.165) is 27.9 Å². The van der Waals surface area contributed by atoms with Gasteiger partial charge < -0.3 is 18.9 Å². The van der Waals surface area contributed by atoms with Crippen molar-refractivity contribution in [1.29, 1.82) is 0 Å². The molecule has 0 fully saturated rings. The molecular weight excluding hydrogens is 272 g/mol. The first-order valence-electron chi connectivity index (χ1n) is 6.36. The van der Waals surface area contributed by atoms with Crippen molar-refractivity contribution < 1.29 is 19.2 Å². The van der Waals surface area contributed by atoms with E-state index >= 15 is 0 Å². The number of carbonyl (C=O) groups is 1. The SMILES string of the molecule is COc1ccc2c(c1)c(-c1cc(C(=O)O)on1)c(C)n2C. The third-order valence-electron chi connectivity index (χ3n) is 3.68. The van der Waals surface area contributed by atoms with E-state index in [2.05, 4.69) is 5.16 Å². The van der Waals surface area contributed by atoms with Crippen molar-refractivity contribution in [2.24, 2.45) is 7.05 Å². The molecule has 0 saturated carbocycles. The number of carboxylic acid groups (broad SMARTS) is 1. The molecule has 0 bridgehead atoms. The van der Waals surface area contributed by atoms with Gasteiger partial charge in [0.25, 0.3) is 0 Å². The lowest BCUT2D eigenvalue weighted by molar-refractivity contribution is 0.0652. The minimum absolute atomic E-state index is 0.177. The molecule has 0 spiro atoms. The van der Waals surface area contributed by atoms with Crippen molar-refractivity contribution in [3.63, 3.8) is 0 Å². The van der Waals surface area contributed by atoms with Gasteiger partial charge in [-0.25, -0.2) is 4.79 Å². The molecule has 0 aliphatic heterocycles. The fraction of sp³-hybridized carbons (Fsp3) is 0.200. The molecule has 0 atom stereocenters. The van der Waals surface area contributed by atoms with Crippen molar-refractivity contribution in [3.05, 3.63) is 35.7 Å². The highest BCUT2D eigenvalue weighted by Gasteiger charge is 2.19. The Labute approximate surface area is 120 Å². The number of aromatic carboxylic acids is 1. The average molecular weight is 286 g/mol. The number of nitrogens with zero attached hydrogens (tertiary/aromatic N) is 2. The zero-order valence-corrected chi connectivity index (χ0v) is 11.9. The van der Waals surface area contributed by atoms with E-state index in [4.69, 9.17) is 14.4 Å². The zero-order chi connectivity index (χ0) is 15.1. The van der Waals surface area contributed by atoms with Crippen LogP contribution in [0.2, 0.25) is 0 Å². The molecule has 0 amide bonds. The third-order valence-corrected chi connectivity index (χ3v) is 3.68. The molecule has 108 valence electrons. The molecule has 1 N–H and O–H groups in total. The van der Waals surface area contributed by atoms with E-state index in [-0.39, 0.29) is 5.76 Å². The van der Waals surface area contributed by atoms with Gasteiger partial charge in [-0.3, -0.25) is 0 Å². The Morgan fingerprint density at radius 1 is 1.38 bits per heavy atom. The number of fused-ring (bicyclic) bond motifs is 1. The second-order valence-electron chi connectivity index (χ2n) is 4.78. The highest BCUT2D eigenvalue weighted by Crippen LogP contribution is 2.35. The number of carboxylic acids is 1. The molecular formula is C15H14N2O4. The highest BCUT2D eigenvalue weighted by molar-refractivity contribution is 5.98. The standard InChI is InChI=1S/C15H14N2O4/c1-8-14(11-7-13(15(18)19)21-16-11)10-6-9(20-3)4-5-12(10)17(8)2/h4-7H,1-3H3,(H,18,19). The molecule has 6 nitrogen and oxygen atoms in total. The summed E-state index contributed by atoms with van der Waals surface area (Å²) in [6, 6.07) is 7.19. The maximum Gasteiger partial charge on any atom is 0.374 e. The van der Waals surface area contributed by atoms with E-state index in [1.807, 2.05) is 36.7 Å². The van der Waals surface area contributed by atoms with Crippen molar-refractivity contribution in [2.45, 2.75) is 6.92 Å². The van der Waals surface area contributed by atoms with Crippen LogP contribution >= 0.6 is 0 Å². The molecule has 0 saturated heterocycles. The average Bonchev–Trinajstić information content (AvgIpc) is 3.04.